The number of anilines is 1. The summed E-state index contributed by atoms with van der Waals surface area (Å²) >= 11 is 5.22. The molecule has 0 fully saturated rings. The maximum absolute atomic E-state index is 12.1. The zero-order valence-electron chi connectivity index (χ0n) is 11.1. The minimum Gasteiger partial charge on any atom is -0.296 e. The Morgan fingerprint density at radius 2 is 2.15 bits per heavy atom. The standard InChI is InChI=1S/C13H14IN3OS2/c1-8(2)7-19-13-17-16-12(20-13)15-11(18)9-5-3-4-6-10(9)14/h3-6,8H,7H2,1-2H3,(H,15,16,18). The van der Waals surface area contributed by atoms with Crippen LogP contribution in [0, 0.1) is 9.49 Å². The van der Waals surface area contributed by atoms with Gasteiger partial charge in [-0.25, -0.2) is 0 Å². The van der Waals surface area contributed by atoms with Crippen LogP contribution in [0.4, 0.5) is 5.13 Å². The molecular weight excluding hydrogens is 405 g/mol. The molecule has 0 bridgehead atoms. The first kappa shape index (κ1) is 15.7. The summed E-state index contributed by atoms with van der Waals surface area (Å²) in [5, 5.41) is 11.4. The molecule has 1 N–H and O–H groups in total. The summed E-state index contributed by atoms with van der Waals surface area (Å²) in [6.45, 7) is 4.32. The number of rotatable bonds is 5. The van der Waals surface area contributed by atoms with E-state index in [1.165, 1.54) is 11.3 Å². The second-order valence-corrected chi connectivity index (χ2v) is 7.92. The number of hydrogen-bond donors (Lipinski definition) is 1. The minimum atomic E-state index is -0.147. The van der Waals surface area contributed by atoms with E-state index in [1.807, 2.05) is 18.2 Å². The van der Waals surface area contributed by atoms with E-state index in [0.29, 0.717) is 16.6 Å². The fraction of sp³-hybridized carbons (Fsp3) is 0.308. The summed E-state index contributed by atoms with van der Waals surface area (Å²) in [7, 11) is 0. The smallest absolute Gasteiger partial charge is 0.258 e. The van der Waals surface area contributed by atoms with E-state index in [4.69, 9.17) is 0 Å². The molecule has 0 unspecified atom stereocenters. The van der Waals surface area contributed by atoms with E-state index < -0.39 is 0 Å². The highest BCUT2D eigenvalue weighted by Gasteiger charge is 2.12. The highest BCUT2D eigenvalue weighted by Crippen LogP contribution is 2.27. The van der Waals surface area contributed by atoms with Crippen molar-refractivity contribution in [3.05, 3.63) is 33.4 Å². The average molecular weight is 419 g/mol. The van der Waals surface area contributed by atoms with Crippen LogP contribution in [0.1, 0.15) is 24.2 Å². The molecule has 7 heteroatoms. The maximum atomic E-state index is 12.1. The number of carbonyl (C=O) groups excluding carboxylic acids is 1. The van der Waals surface area contributed by atoms with Crippen molar-refractivity contribution < 1.29 is 4.79 Å². The topological polar surface area (TPSA) is 54.9 Å². The van der Waals surface area contributed by atoms with Crippen LogP contribution in [0.5, 0.6) is 0 Å². The first-order chi connectivity index (χ1) is 9.56. The lowest BCUT2D eigenvalue weighted by atomic mass is 10.2. The highest BCUT2D eigenvalue weighted by atomic mass is 127. The molecule has 20 heavy (non-hydrogen) atoms. The van der Waals surface area contributed by atoms with Crippen LogP contribution < -0.4 is 5.32 Å². The van der Waals surface area contributed by atoms with Gasteiger partial charge in [0.25, 0.3) is 5.91 Å². The van der Waals surface area contributed by atoms with Crippen LogP contribution in [0.2, 0.25) is 0 Å². The van der Waals surface area contributed by atoms with E-state index in [9.17, 15) is 4.79 Å². The maximum Gasteiger partial charge on any atom is 0.258 e. The van der Waals surface area contributed by atoms with Crippen molar-refractivity contribution in [2.75, 3.05) is 11.1 Å². The third kappa shape index (κ3) is 4.42. The molecule has 2 rings (SSSR count). The Labute approximate surface area is 139 Å². The number of hydrogen-bond acceptors (Lipinski definition) is 5. The van der Waals surface area contributed by atoms with Crippen molar-refractivity contribution >= 4 is 56.7 Å². The molecule has 1 amide bonds. The Hall–Kier alpha value is -0.670. The van der Waals surface area contributed by atoms with Gasteiger partial charge in [-0.1, -0.05) is 49.1 Å². The van der Waals surface area contributed by atoms with Gasteiger partial charge in [0.1, 0.15) is 0 Å². The molecule has 0 aliphatic heterocycles. The quantitative estimate of drug-likeness (QED) is 0.450. The summed E-state index contributed by atoms with van der Waals surface area (Å²) < 4.78 is 1.80. The van der Waals surface area contributed by atoms with Crippen molar-refractivity contribution in [3.8, 4) is 0 Å². The lowest BCUT2D eigenvalue weighted by Gasteiger charge is -2.03. The van der Waals surface area contributed by atoms with E-state index in [1.54, 1.807) is 17.8 Å². The number of amides is 1. The zero-order chi connectivity index (χ0) is 14.5. The monoisotopic (exact) mass is 419 g/mol. The molecule has 4 nitrogen and oxygen atoms in total. The molecule has 0 spiro atoms. The molecule has 0 saturated heterocycles. The number of halogens is 1. The molecule has 106 valence electrons. The predicted molar refractivity (Wildman–Crippen MR) is 92.6 cm³/mol. The Morgan fingerprint density at radius 3 is 2.85 bits per heavy atom. The van der Waals surface area contributed by atoms with Crippen molar-refractivity contribution in [2.24, 2.45) is 5.92 Å². The third-order valence-electron chi connectivity index (χ3n) is 2.29. The van der Waals surface area contributed by atoms with Crippen LogP contribution in [0.3, 0.4) is 0 Å². The first-order valence-electron chi connectivity index (χ1n) is 6.08. The van der Waals surface area contributed by atoms with Crippen molar-refractivity contribution in [1.82, 2.24) is 10.2 Å². The largest absolute Gasteiger partial charge is 0.296 e. The van der Waals surface area contributed by atoms with Crippen LogP contribution >= 0.6 is 45.7 Å². The fourth-order valence-corrected chi connectivity index (χ4v) is 3.72. The first-order valence-corrected chi connectivity index (χ1v) is 8.96. The average Bonchev–Trinajstić information content (AvgIpc) is 2.84. The molecule has 0 saturated carbocycles. The van der Waals surface area contributed by atoms with Crippen LogP contribution in [0.15, 0.2) is 28.6 Å². The van der Waals surface area contributed by atoms with E-state index >= 15 is 0 Å². The third-order valence-corrected chi connectivity index (χ3v) is 5.63. The molecular formula is C13H14IN3OS2. The van der Waals surface area contributed by atoms with Gasteiger partial charge in [-0.05, 0) is 40.6 Å². The van der Waals surface area contributed by atoms with Gasteiger partial charge in [0.2, 0.25) is 5.13 Å². The van der Waals surface area contributed by atoms with Gasteiger partial charge in [-0.2, -0.15) is 0 Å². The van der Waals surface area contributed by atoms with Gasteiger partial charge in [-0.3, -0.25) is 10.1 Å². The Morgan fingerprint density at radius 1 is 1.40 bits per heavy atom. The van der Waals surface area contributed by atoms with E-state index in [0.717, 1.165) is 13.7 Å². The number of nitrogens with zero attached hydrogens (tertiary/aromatic N) is 2. The Balaban J connectivity index is 2.00. The van der Waals surface area contributed by atoms with Gasteiger partial charge >= 0.3 is 0 Å². The normalized spacial score (nSPS) is 10.8. The van der Waals surface area contributed by atoms with Gasteiger partial charge in [0.15, 0.2) is 4.34 Å². The minimum absolute atomic E-state index is 0.147. The molecule has 1 aromatic carbocycles. The van der Waals surface area contributed by atoms with Gasteiger partial charge < -0.3 is 0 Å². The number of carbonyl (C=O) groups is 1. The Kier molecular flexibility index (Phi) is 5.79. The summed E-state index contributed by atoms with van der Waals surface area (Å²) in [5.41, 5.74) is 0.652. The highest BCUT2D eigenvalue weighted by molar-refractivity contribution is 14.1. The molecule has 0 atom stereocenters. The van der Waals surface area contributed by atoms with E-state index in [2.05, 4.69) is 52.0 Å². The van der Waals surface area contributed by atoms with E-state index in [-0.39, 0.29) is 5.91 Å². The van der Waals surface area contributed by atoms with Crippen molar-refractivity contribution in [2.45, 2.75) is 18.2 Å². The number of thioether (sulfide) groups is 1. The van der Waals surface area contributed by atoms with Crippen LogP contribution in [0.25, 0.3) is 0 Å². The lowest BCUT2D eigenvalue weighted by molar-refractivity contribution is 0.102. The van der Waals surface area contributed by atoms with Crippen molar-refractivity contribution in [3.63, 3.8) is 0 Å². The SMILES string of the molecule is CC(C)CSc1nnc(NC(=O)c2ccccc2I)s1. The molecule has 1 aromatic heterocycles. The molecule has 2 aromatic rings. The fourth-order valence-electron chi connectivity index (χ4n) is 1.37. The zero-order valence-corrected chi connectivity index (χ0v) is 14.9. The van der Waals surface area contributed by atoms with Gasteiger partial charge in [0.05, 0.1) is 5.56 Å². The molecule has 0 aliphatic carbocycles. The molecule has 0 radical (unpaired) electrons. The summed E-state index contributed by atoms with van der Waals surface area (Å²) in [6, 6.07) is 7.46. The number of nitrogens with one attached hydrogen (secondary N) is 1. The summed E-state index contributed by atoms with van der Waals surface area (Å²) in [4.78, 5) is 12.1. The number of benzene rings is 1. The summed E-state index contributed by atoms with van der Waals surface area (Å²) in [6.07, 6.45) is 0. The van der Waals surface area contributed by atoms with Gasteiger partial charge in [0, 0.05) is 9.32 Å². The lowest BCUT2D eigenvalue weighted by Crippen LogP contribution is -2.13. The predicted octanol–water partition coefficient (Wildman–Crippen LogP) is 4.14. The van der Waals surface area contributed by atoms with Gasteiger partial charge in [-0.15, -0.1) is 10.2 Å². The van der Waals surface area contributed by atoms with Crippen LogP contribution in [-0.4, -0.2) is 21.9 Å². The van der Waals surface area contributed by atoms with Crippen molar-refractivity contribution in [1.29, 1.82) is 0 Å². The second kappa shape index (κ2) is 7.37. The number of aromatic nitrogens is 2. The molecule has 1 heterocycles. The second-order valence-electron chi connectivity index (χ2n) is 4.51. The Bertz CT molecular complexity index is 601. The molecule has 0 aliphatic rings. The summed E-state index contributed by atoms with van der Waals surface area (Å²) in [5.74, 6) is 1.46. The van der Waals surface area contributed by atoms with Crippen LogP contribution in [-0.2, 0) is 0 Å².